The molecule has 2 saturated heterocycles. The van der Waals surface area contributed by atoms with E-state index in [4.69, 9.17) is 14.2 Å². The van der Waals surface area contributed by atoms with Crippen LogP contribution in [0.4, 0.5) is 11.4 Å². The molecule has 2 aromatic carbocycles. The summed E-state index contributed by atoms with van der Waals surface area (Å²) in [5.41, 5.74) is 1.13. The topological polar surface area (TPSA) is 161 Å². The summed E-state index contributed by atoms with van der Waals surface area (Å²) < 4.78 is 17.3. The standard InChI is InChI=1S/C33H32N4O9S2/c1-2-45-22-13-16(3-8-21(22)46-15-23(38)35-9-11-44-12-10-35)24-25-19-14-20(28(25)47-30-29(24)48-33(41)34-30)27-26(19)31(39)36(32(27)40)17-4-6-18(7-5-17)37(42)43/h3-8,13,19-20,24-28H,2,9-12,14-15H2,1H3,(H,34,41)/t19-,20-,24-,25?,26?,27?,28?/m1/s1. The fraction of sp³-hybridized carbons (Fsp3) is 0.455. The van der Waals surface area contributed by atoms with Gasteiger partial charge in [-0.05, 0) is 60.9 Å². The number of rotatable bonds is 8. The van der Waals surface area contributed by atoms with Crippen molar-refractivity contribution in [2.24, 2.45) is 29.6 Å². The van der Waals surface area contributed by atoms with Crippen LogP contribution in [-0.2, 0) is 19.1 Å². The van der Waals surface area contributed by atoms with E-state index in [0.717, 1.165) is 21.9 Å². The van der Waals surface area contributed by atoms with Crippen LogP contribution in [0.1, 0.15) is 29.7 Å². The summed E-state index contributed by atoms with van der Waals surface area (Å²) >= 11 is 2.77. The number of anilines is 1. The third-order valence-corrected chi connectivity index (χ3v) is 13.0. The van der Waals surface area contributed by atoms with Gasteiger partial charge in [-0.1, -0.05) is 17.4 Å². The maximum Gasteiger partial charge on any atom is 0.305 e. The van der Waals surface area contributed by atoms with Crippen molar-refractivity contribution in [3.63, 3.8) is 0 Å². The van der Waals surface area contributed by atoms with Crippen LogP contribution < -0.4 is 19.2 Å². The van der Waals surface area contributed by atoms with Gasteiger partial charge in [0.05, 0.1) is 47.3 Å². The van der Waals surface area contributed by atoms with E-state index < -0.39 is 16.8 Å². The molecule has 15 heteroatoms. The second-order valence-corrected chi connectivity index (χ2v) is 14.9. The molecule has 3 aliphatic heterocycles. The number of carbonyl (C=O) groups excluding carboxylic acids is 3. The smallest absolute Gasteiger partial charge is 0.305 e. The molecular formula is C33H32N4O9S2. The maximum absolute atomic E-state index is 14.0. The highest BCUT2D eigenvalue weighted by Crippen LogP contribution is 2.68. The minimum atomic E-state index is -0.516. The molecule has 4 unspecified atom stereocenters. The third kappa shape index (κ3) is 4.93. The van der Waals surface area contributed by atoms with Gasteiger partial charge in [-0.3, -0.25) is 34.2 Å². The molecule has 4 heterocycles. The molecule has 7 atom stereocenters. The SMILES string of the molecule is CCOc1cc([C@H]2c3sc(=O)[nH]c3SC3C2[C@H]2C[C@@H]3C3C(=O)N(c4ccc([N+](=O)[O-])cc4)C(=O)C32)ccc1OCC(=O)N1CCOCC1. The number of benzene rings is 2. The van der Waals surface area contributed by atoms with Crippen LogP contribution in [0.5, 0.6) is 11.5 Å². The molecule has 0 spiro atoms. The number of aromatic nitrogens is 1. The van der Waals surface area contributed by atoms with Crippen molar-refractivity contribution in [3.8, 4) is 11.5 Å². The molecule has 8 rings (SSSR count). The number of H-pyrrole nitrogens is 1. The lowest BCUT2D eigenvalue weighted by Gasteiger charge is -2.43. The number of hydrogen-bond acceptors (Lipinski definition) is 11. The molecule has 250 valence electrons. The largest absolute Gasteiger partial charge is 0.490 e. The Morgan fingerprint density at radius 2 is 1.75 bits per heavy atom. The number of nitrogens with zero attached hydrogens (tertiary/aromatic N) is 3. The number of ether oxygens (including phenoxy) is 3. The lowest BCUT2D eigenvalue weighted by molar-refractivity contribution is -0.384. The Balaban J connectivity index is 1.11. The zero-order chi connectivity index (χ0) is 33.3. The molecule has 2 saturated carbocycles. The number of hydrogen-bond donors (Lipinski definition) is 1. The van der Waals surface area contributed by atoms with Crippen molar-refractivity contribution in [3.05, 3.63) is 72.7 Å². The number of non-ortho nitro benzene ring substituents is 1. The van der Waals surface area contributed by atoms with Crippen molar-refractivity contribution < 1.29 is 33.5 Å². The fourth-order valence-corrected chi connectivity index (χ4v) is 11.4. The van der Waals surface area contributed by atoms with Crippen molar-refractivity contribution in [1.82, 2.24) is 9.88 Å². The first-order chi connectivity index (χ1) is 23.2. The van der Waals surface area contributed by atoms with Crippen LogP contribution in [0, 0.1) is 39.7 Å². The van der Waals surface area contributed by atoms with E-state index in [-0.39, 0.29) is 63.8 Å². The molecular weight excluding hydrogens is 661 g/mol. The van der Waals surface area contributed by atoms with Gasteiger partial charge >= 0.3 is 4.87 Å². The van der Waals surface area contributed by atoms with E-state index in [1.165, 1.54) is 40.5 Å². The number of thiazole rings is 1. The number of imide groups is 1. The van der Waals surface area contributed by atoms with E-state index in [9.17, 15) is 29.3 Å². The fourth-order valence-electron chi connectivity index (χ4n) is 8.52. The van der Waals surface area contributed by atoms with Crippen LogP contribution in [0.15, 0.2) is 52.3 Å². The Bertz CT molecular complexity index is 1870. The maximum atomic E-state index is 14.0. The number of morpholine rings is 1. The Hall–Kier alpha value is -4.21. The van der Waals surface area contributed by atoms with Gasteiger partial charge in [-0.2, -0.15) is 0 Å². The van der Waals surface area contributed by atoms with E-state index in [1.54, 1.807) is 22.7 Å². The number of thioether (sulfide) groups is 1. The average Bonchev–Trinajstić information content (AvgIpc) is 3.83. The summed E-state index contributed by atoms with van der Waals surface area (Å²) in [6.45, 7) is 4.14. The van der Waals surface area contributed by atoms with Crippen LogP contribution in [0.3, 0.4) is 0 Å². The molecule has 0 radical (unpaired) electrons. The summed E-state index contributed by atoms with van der Waals surface area (Å²) in [5.74, 6) is -1.19. The number of carbonyl (C=O) groups is 3. The first kappa shape index (κ1) is 31.1. The number of fused-ring (bicyclic) bond motifs is 9. The van der Waals surface area contributed by atoms with Crippen molar-refractivity contribution in [2.75, 3.05) is 44.4 Å². The third-order valence-electron chi connectivity index (χ3n) is 10.4. The zero-order valence-electron chi connectivity index (χ0n) is 25.9. The molecule has 2 bridgehead atoms. The van der Waals surface area contributed by atoms with Gasteiger partial charge < -0.3 is 24.1 Å². The monoisotopic (exact) mass is 692 g/mol. The molecule has 13 nitrogen and oxygen atoms in total. The van der Waals surface area contributed by atoms with E-state index >= 15 is 0 Å². The minimum Gasteiger partial charge on any atom is -0.490 e. The molecule has 2 aliphatic carbocycles. The Kier molecular flexibility index (Phi) is 7.79. The van der Waals surface area contributed by atoms with E-state index in [0.29, 0.717) is 50.1 Å². The van der Waals surface area contributed by atoms with Crippen molar-refractivity contribution in [1.29, 1.82) is 0 Å². The quantitative estimate of drug-likeness (QED) is 0.210. The normalized spacial score (nSPS) is 28.6. The molecule has 3 amide bonds. The Morgan fingerprint density at radius 3 is 2.46 bits per heavy atom. The van der Waals surface area contributed by atoms with Crippen LogP contribution in [-0.4, -0.2) is 77.3 Å². The van der Waals surface area contributed by atoms with Crippen LogP contribution in [0.25, 0.3) is 0 Å². The molecule has 1 aromatic heterocycles. The lowest BCUT2D eigenvalue weighted by Crippen LogP contribution is -2.43. The summed E-state index contributed by atoms with van der Waals surface area (Å²) in [5, 5.41) is 12.0. The summed E-state index contributed by atoms with van der Waals surface area (Å²) in [7, 11) is 0. The highest BCUT2D eigenvalue weighted by molar-refractivity contribution is 8.00. The summed E-state index contributed by atoms with van der Waals surface area (Å²) in [4.78, 5) is 70.8. The Morgan fingerprint density at radius 1 is 1.02 bits per heavy atom. The number of nitrogens with one attached hydrogen (secondary N) is 1. The predicted molar refractivity (Wildman–Crippen MR) is 175 cm³/mol. The second-order valence-electron chi connectivity index (χ2n) is 12.7. The van der Waals surface area contributed by atoms with E-state index in [1.807, 2.05) is 19.1 Å². The van der Waals surface area contributed by atoms with Crippen LogP contribution in [0.2, 0.25) is 0 Å². The van der Waals surface area contributed by atoms with Gasteiger partial charge in [-0.15, -0.1) is 11.8 Å². The van der Waals surface area contributed by atoms with Gasteiger partial charge in [-0.25, -0.2) is 0 Å². The van der Waals surface area contributed by atoms with E-state index in [2.05, 4.69) is 4.98 Å². The summed E-state index contributed by atoms with van der Waals surface area (Å²) in [6.07, 6.45) is 0.724. The van der Waals surface area contributed by atoms with Gasteiger partial charge in [0.15, 0.2) is 18.1 Å². The first-order valence-electron chi connectivity index (χ1n) is 16.0. The minimum absolute atomic E-state index is 0.00910. The number of nitro groups is 1. The molecule has 48 heavy (non-hydrogen) atoms. The van der Waals surface area contributed by atoms with Gasteiger partial charge in [0.2, 0.25) is 11.8 Å². The summed E-state index contributed by atoms with van der Waals surface area (Å²) in [6, 6.07) is 11.2. The first-order valence-corrected chi connectivity index (χ1v) is 17.7. The Labute approximate surface area is 282 Å². The van der Waals surface area contributed by atoms with Crippen molar-refractivity contribution in [2.45, 2.75) is 29.5 Å². The molecule has 1 N–H and O–H groups in total. The number of aromatic amines is 1. The molecule has 3 aromatic rings. The van der Waals surface area contributed by atoms with Crippen LogP contribution >= 0.6 is 23.1 Å². The zero-order valence-corrected chi connectivity index (χ0v) is 27.5. The molecule has 4 fully saturated rings. The lowest BCUT2D eigenvalue weighted by atomic mass is 9.68. The number of nitro benzene ring substituents is 1. The highest BCUT2D eigenvalue weighted by Gasteiger charge is 2.69. The average molecular weight is 693 g/mol. The highest BCUT2D eigenvalue weighted by atomic mass is 32.2. The van der Waals surface area contributed by atoms with Gasteiger partial charge in [0.1, 0.15) is 0 Å². The van der Waals surface area contributed by atoms with Gasteiger partial charge in [0, 0.05) is 41.3 Å². The number of amides is 3. The molecule has 5 aliphatic rings. The predicted octanol–water partition coefficient (Wildman–Crippen LogP) is 3.66. The van der Waals surface area contributed by atoms with Crippen molar-refractivity contribution >= 4 is 52.2 Å². The van der Waals surface area contributed by atoms with Gasteiger partial charge in [0.25, 0.3) is 11.6 Å². The second kappa shape index (κ2) is 12.0.